The van der Waals surface area contributed by atoms with Crippen molar-refractivity contribution >= 4 is 0 Å². The van der Waals surface area contributed by atoms with Gasteiger partial charge >= 0.3 is 0 Å². The Labute approximate surface area is 136 Å². The summed E-state index contributed by atoms with van der Waals surface area (Å²) in [5.41, 5.74) is 2.02. The van der Waals surface area contributed by atoms with Crippen LogP contribution in [0.1, 0.15) is 24.4 Å². The van der Waals surface area contributed by atoms with E-state index in [1.165, 1.54) is 0 Å². The molecule has 0 saturated heterocycles. The molecule has 0 fully saturated rings. The van der Waals surface area contributed by atoms with Gasteiger partial charge in [0, 0.05) is 5.56 Å². The first-order valence-electron chi connectivity index (χ1n) is 7.94. The molecule has 0 aliphatic heterocycles. The fourth-order valence-corrected chi connectivity index (χ4v) is 2.63. The van der Waals surface area contributed by atoms with Gasteiger partial charge in [-0.05, 0) is 24.6 Å². The predicted octanol–water partition coefficient (Wildman–Crippen LogP) is 3.13. The molecular weight excluding hydrogens is 286 g/mol. The third kappa shape index (κ3) is 3.89. The van der Waals surface area contributed by atoms with Crippen LogP contribution >= 0.6 is 0 Å². The number of rotatable bonds is 6. The maximum Gasteiger partial charge on any atom is 0.158 e. The van der Waals surface area contributed by atoms with Gasteiger partial charge in [0.25, 0.3) is 0 Å². The molecule has 23 heavy (non-hydrogen) atoms. The normalized spacial score (nSPS) is 13.7. The summed E-state index contributed by atoms with van der Waals surface area (Å²) >= 11 is 0. The highest BCUT2D eigenvalue weighted by atomic mass is 16.3. The lowest BCUT2D eigenvalue weighted by atomic mass is 10.0. The molecule has 2 atom stereocenters. The third-order valence-electron chi connectivity index (χ3n) is 4.05. The van der Waals surface area contributed by atoms with E-state index in [1.54, 1.807) is 0 Å². The molecule has 0 aliphatic rings. The van der Waals surface area contributed by atoms with Gasteiger partial charge in [-0.1, -0.05) is 60.7 Å². The number of aliphatic hydroxyl groups excluding tert-OH is 1. The second-order valence-corrected chi connectivity index (χ2v) is 5.79. The standard InChI is InChI=1S/C20H21NO2/c1-15(20(22)17-10-6-3-7-11-17)21-14-18-12-13-19(23-18)16-8-4-2-5-9-16/h2-13,15,20-22H,14H2,1H3/p+1/t15-,20+/m1/s1. The fourth-order valence-electron chi connectivity index (χ4n) is 2.63. The van der Waals surface area contributed by atoms with Crippen LogP contribution in [-0.4, -0.2) is 11.1 Å². The monoisotopic (exact) mass is 308 g/mol. The van der Waals surface area contributed by atoms with Crippen LogP contribution in [0.25, 0.3) is 11.3 Å². The summed E-state index contributed by atoms with van der Waals surface area (Å²) < 4.78 is 5.89. The van der Waals surface area contributed by atoms with Crippen molar-refractivity contribution in [2.24, 2.45) is 0 Å². The van der Waals surface area contributed by atoms with E-state index >= 15 is 0 Å². The zero-order valence-electron chi connectivity index (χ0n) is 13.2. The largest absolute Gasteiger partial charge is 0.455 e. The molecule has 0 unspecified atom stereocenters. The molecule has 3 heteroatoms. The Bertz CT molecular complexity index is 722. The maximum absolute atomic E-state index is 10.4. The summed E-state index contributed by atoms with van der Waals surface area (Å²) in [6.07, 6.45) is -0.486. The van der Waals surface area contributed by atoms with E-state index in [0.717, 1.165) is 22.6 Å². The van der Waals surface area contributed by atoms with E-state index in [-0.39, 0.29) is 6.04 Å². The minimum absolute atomic E-state index is 0.0580. The Morgan fingerprint density at radius 3 is 2.26 bits per heavy atom. The highest BCUT2D eigenvalue weighted by Crippen LogP contribution is 2.21. The average Bonchev–Trinajstić information content (AvgIpc) is 3.09. The number of quaternary nitrogens is 1. The van der Waals surface area contributed by atoms with Crippen molar-refractivity contribution in [2.45, 2.75) is 25.6 Å². The highest BCUT2D eigenvalue weighted by Gasteiger charge is 2.19. The van der Waals surface area contributed by atoms with Crippen LogP contribution in [0, 0.1) is 0 Å². The van der Waals surface area contributed by atoms with E-state index in [4.69, 9.17) is 4.42 Å². The number of furan rings is 1. The van der Waals surface area contributed by atoms with Gasteiger partial charge in [0.15, 0.2) is 5.76 Å². The third-order valence-corrected chi connectivity index (χ3v) is 4.05. The number of nitrogens with two attached hydrogens (primary N) is 1. The topological polar surface area (TPSA) is 50.0 Å². The molecule has 0 amide bonds. The van der Waals surface area contributed by atoms with Crippen LogP contribution in [0.2, 0.25) is 0 Å². The highest BCUT2D eigenvalue weighted by molar-refractivity contribution is 5.57. The average molecular weight is 308 g/mol. The second kappa shape index (κ2) is 7.27. The van der Waals surface area contributed by atoms with Crippen LogP contribution < -0.4 is 5.32 Å². The molecule has 3 N–H and O–H groups in total. The van der Waals surface area contributed by atoms with Crippen molar-refractivity contribution in [2.75, 3.05) is 0 Å². The number of benzene rings is 2. The van der Waals surface area contributed by atoms with Crippen LogP contribution in [0.4, 0.5) is 0 Å². The SMILES string of the molecule is C[C@@H]([NH2+]Cc1ccc(-c2ccccc2)o1)[C@H](O)c1ccccc1. The van der Waals surface area contributed by atoms with Gasteiger partial charge in [-0.25, -0.2) is 0 Å². The summed E-state index contributed by atoms with van der Waals surface area (Å²) in [7, 11) is 0. The van der Waals surface area contributed by atoms with Gasteiger partial charge in [-0.15, -0.1) is 0 Å². The Morgan fingerprint density at radius 1 is 0.913 bits per heavy atom. The molecule has 0 radical (unpaired) electrons. The van der Waals surface area contributed by atoms with Crippen molar-refractivity contribution in [3.8, 4) is 11.3 Å². The smallest absolute Gasteiger partial charge is 0.158 e. The lowest BCUT2D eigenvalue weighted by Gasteiger charge is -2.17. The summed E-state index contributed by atoms with van der Waals surface area (Å²) in [4.78, 5) is 0. The molecule has 118 valence electrons. The van der Waals surface area contributed by atoms with Crippen molar-refractivity contribution in [3.63, 3.8) is 0 Å². The Balaban J connectivity index is 1.59. The molecule has 3 aromatic rings. The van der Waals surface area contributed by atoms with Gasteiger partial charge in [0.2, 0.25) is 0 Å². The van der Waals surface area contributed by atoms with E-state index in [2.05, 4.69) is 5.32 Å². The van der Waals surface area contributed by atoms with Gasteiger partial charge < -0.3 is 14.8 Å². The van der Waals surface area contributed by atoms with Gasteiger partial charge in [0.1, 0.15) is 24.5 Å². The van der Waals surface area contributed by atoms with Crippen LogP contribution in [-0.2, 0) is 6.54 Å². The van der Waals surface area contributed by atoms with Crippen LogP contribution in [0.3, 0.4) is 0 Å². The lowest BCUT2D eigenvalue weighted by molar-refractivity contribution is -0.710. The minimum Gasteiger partial charge on any atom is -0.455 e. The summed E-state index contributed by atoms with van der Waals surface area (Å²) in [5, 5.41) is 12.5. The molecule has 0 bridgehead atoms. The van der Waals surface area contributed by atoms with Gasteiger partial charge in [-0.2, -0.15) is 0 Å². The van der Waals surface area contributed by atoms with Crippen molar-refractivity contribution in [1.29, 1.82) is 0 Å². The molecular formula is C20H22NO2+. The van der Waals surface area contributed by atoms with Crippen molar-refractivity contribution in [3.05, 3.63) is 84.1 Å². The van der Waals surface area contributed by atoms with E-state index in [9.17, 15) is 5.11 Å². The van der Waals surface area contributed by atoms with Crippen LogP contribution in [0.15, 0.2) is 77.2 Å². The first-order valence-corrected chi connectivity index (χ1v) is 7.94. The molecule has 0 saturated carbocycles. The number of hydrogen-bond acceptors (Lipinski definition) is 2. The van der Waals surface area contributed by atoms with Gasteiger partial charge in [0.05, 0.1) is 0 Å². The molecule has 0 aliphatic carbocycles. The molecule has 3 rings (SSSR count). The summed E-state index contributed by atoms with van der Waals surface area (Å²) in [6.45, 7) is 2.73. The minimum atomic E-state index is -0.486. The van der Waals surface area contributed by atoms with E-state index < -0.39 is 6.10 Å². The fraction of sp³-hybridized carbons (Fsp3) is 0.200. The second-order valence-electron chi connectivity index (χ2n) is 5.79. The summed E-state index contributed by atoms with van der Waals surface area (Å²) in [6, 6.07) is 23.9. The lowest BCUT2D eigenvalue weighted by Crippen LogP contribution is -2.88. The molecule has 3 nitrogen and oxygen atoms in total. The Hall–Kier alpha value is -2.36. The zero-order valence-corrected chi connectivity index (χ0v) is 13.2. The molecule has 0 spiro atoms. The Kier molecular flexibility index (Phi) is 4.91. The molecule has 1 heterocycles. The quantitative estimate of drug-likeness (QED) is 0.735. The zero-order chi connectivity index (χ0) is 16.1. The van der Waals surface area contributed by atoms with Crippen LogP contribution in [0.5, 0.6) is 0 Å². The maximum atomic E-state index is 10.4. The Morgan fingerprint density at radius 2 is 1.57 bits per heavy atom. The van der Waals surface area contributed by atoms with E-state index in [0.29, 0.717) is 6.54 Å². The number of aliphatic hydroxyl groups is 1. The van der Waals surface area contributed by atoms with E-state index in [1.807, 2.05) is 79.7 Å². The van der Waals surface area contributed by atoms with Crippen molar-refractivity contribution in [1.82, 2.24) is 0 Å². The predicted molar refractivity (Wildman–Crippen MR) is 90.6 cm³/mol. The molecule has 1 aromatic heterocycles. The first-order chi connectivity index (χ1) is 11.2. The molecule has 2 aromatic carbocycles. The van der Waals surface area contributed by atoms with Gasteiger partial charge in [-0.3, -0.25) is 0 Å². The van der Waals surface area contributed by atoms with Crippen molar-refractivity contribution < 1.29 is 14.8 Å². The number of hydrogen-bond donors (Lipinski definition) is 2. The summed E-state index contributed by atoms with van der Waals surface area (Å²) in [5.74, 6) is 1.79. The first kappa shape index (κ1) is 15.5.